The van der Waals surface area contributed by atoms with E-state index < -0.39 is 12.1 Å². The quantitative estimate of drug-likeness (QED) is 0.476. The van der Waals surface area contributed by atoms with Gasteiger partial charge in [0.1, 0.15) is 6.61 Å². The lowest BCUT2D eigenvalue weighted by Gasteiger charge is -2.18. The first-order valence-electron chi connectivity index (χ1n) is 11.1. The minimum Gasteiger partial charge on any atom is -0.481 e. The van der Waals surface area contributed by atoms with Gasteiger partial charge in [-0.25, -0.2) is 4.79 Å². The molecule has 7 heteroatoms. The van der Waals surface area contributed by atoms with E-state index in [2.05, 4.69) is 34.9 Å². The first kappa shape index (κ1) is 24.0. The first-order chi connectivity index (χ1) is 15.9. The summed E-state index contributed by atoms with van der Waals surface area (Å²) in [7, 11) is 0. The van der Waals surface area contributed by atoms with Crippen molar-refractivity contribution >= 4 is 18.0 Å². The highest BCUT2D eigenvalue weighted by atomic mass is 16.5. The van der Waals surface area contributed by atoms with E-state index in [1.54, 1.807) is 0 Å². The zero-order valence-corrected chi connectivity index (χ0v) is 18.9. The van der Waals surface area contributed by atoms with E-state index in [9.17, 15) is 14.4 Å². The molecule has 33 heavy (non-hydrogen) atoms. The number of aliphatic carboxylic acids is 1. The highest BCUT2D eigenvalue weighted by Gasteiger charge is 2.28. The number of amides is 2. The molecule has 2 aromatic rings. The Labute approximate surface area is 193 Å². The average molecular weight is 451 g/mol. The zero-order valence-electron chi connectivity index (χ0n) is 18.9. The number of alkyl carbamates (subject to hydrolysis) is 1. The standard InChI is InChI=1S/C26H30N2O5/c1-17(2)18(14-25(30)31)15-28-24(29)12-7-13-27-26(32)33-16-23-21-10-5-3-8-19(21)20-9-4-6-11-22(20)23/h3-12,17-18,23H,13-16H2,1-2H3,(H,27,32)(H,28,29)(H,30,31)/b12-7+. The average Bonchev–Trinajstić information content (AvgIpc) is 3.11. The van der Waals surface area contributed by atoms with Crippen LogP contribution in [-0.2, 0) is 14.3 Å². The molecule has 1 unspecified atom stereocenters. The van der Waals surface area contributed by atoms with Crippen LogP contribution >= 0.6 is 0 Å². The van der Waals surface area contributed by atoms with E-state index in [0.29, 0.717) is 0 Å². The SMILES string of the molecule is CC(C)C(CNC(=O)/C=C/CNC(=O)OCC1c2ccccc2-c2ccccc21)CC(=O)O. The molecule has 1 aliphatic carbocycles. The van der Waals surface area contributed by atoms with Gasteiger partial charge in [0, 0.05) is 25.1 Å². The lowest BCUT2D eigenvalue weighted by Crippen LogP contribution is -2.32. The van der Waals surface area contributed by atoms with Crippen LogP contribution in [0, 0.1) is 11.8 Å². The van der Waals surface area contributed by atoms with Gasteiger partial charge in [-0.05, 0) is 34.1 Å². The van der Waals surface area contributed by atoms with Crippen molar-refractivity contribution in [3.05, 3.63) is 71.8 Å². The molecule has 0 saturated heterocycles. The highest BCUT2D eigenvalue weighted by molar-refractivity contribution is 5.87. The molecule has 0 bridgehead atoms. The number of carbonyl (C=O) groups excluding carboxylic acids is 2. The largest absolute Gasteiger partial charge is 0.481 e. The molecule has 1 aliphatic rings. The molecule has 0 aliphatic heterocycles. The third-order valence-electron chi connectivity index (χ3n) is 5.90. The molecule has 3 rings (SSSR count). The topological polar surface area (TPSA) is 105 Å². The van der Waals surface area contributed by atoms with Crippen molar-refractivity contribution in [2.24, 2.45) is 11.8 Å². The summed E-state index contributed by atoms with van der Waals surface area (Å²) >= 11 is 0. The molecule has 0 saturated carbocycles. The van der Waals surface area contributed by atoms with Crippen LogP contribution in [0.3, 0.4) is 0 Å². The van der Waals surface area contributed by atoms with Crippen LogP contribution in [0.5, 0.6) is 0 Å². The number of rotatable bonds is 10. The van der Waals surface area contributed by atoms with Gasteiger partial charge >= 0.3 is 12.1 Å². The molecule has 1 atom stereocenters. The fourth-order valence-corrected chi connectivity index (χ4v) is 4.02. The van der Waals surface area contributed by atoms with Crippen LogP contribution in [0.1, 0.15) is 37.3 Å². The number of hydrogen-bond donors (Lipinski definition) is 3. The second-order valence-electron chi connectivity index (χ2n) is 8.46. The second kappa shape index (κ2) is 11.3. The minimum absolute atomic E-state index is 0.00496. The lowest BCUT2D eigenvalue weighted by molar-refractivity contribution is -0.138. The van der Waals surface area contributed by atoms with Gasteiger partial charge < -0.3 is 20.5 Å². The molecule has 3 N–H and O–H groups in total. The second-order valence-corrected chi connectivity index (χ2v) is 8.46. The van der Waals surface area contributed by atoms with Gasteiger partial charge in [-0.15, -0.1) is 0 Å². The van der Waals surface area contributed by atoms with Crippen molar-refractivity contribution in [3.63, 3.8) is 0 Å². The van der Waals surface area contributed by atoms with Gasteiger partial charge in [-0.3, -0.25) is 9.59 Å². The minimum atomic E-state index is -0.884. The molecule has 174 valence electrons. The number of fused-ring (bicyclic) bond motifs is 3. The Kier molecular flexibility index (Phi) is 8.24. The fraction of sp³-hybridized carbons (Fsp3) is 0.346. The Morgan fingerprint density at radius 1 is 1.00 bits per heavy atom. The van der Waals surface area contributed by atoms with E-state index in [-0.39, 0.29) is 49.8 Å². The lowest BCUT2D eigenvalue weighted by atomic mass is 9.92. The van der Waals surface area contributed by atoms with E-state index in [0.717, 1.165) is 11.1 Å². The van der Waals surface area contributed by atoms with Crippen molar-refractivity contribution in [2.45, 2.75) is 26.2 Å². The molecular formula is C26H30N2O5. The number of ether oxygens (including phenoxy) is 1. The molecule has 2 aromatic carbocycles. The third-order valence-corrected chi connectivity index (χ3v) is 5.90. The van der Waals surface area contributed by atoms with Crippen LogP contribution < -0.4 is 10.6 Å². The molecule has 0 fully saturated rings. The molecule has 0 radical (unpaired) electrons. The van der Waals surface area contributed by atoms with Crippen LogP contribution in [0.25, 0.3) is 11.1 Å². The van der Waals surface area contributed by atoms with Gasteiger partial charge in [0.2, 0.25) is 5.91 Å². The van der Waals surface area contributed by atoms with Gasteiger partial charge in [0.25, 0.3) is 0 Å². The van der Waals surface area contributed by atoms with Crippen molar-refractivity contribution in [1.82, 2.24) is 10.6 Å². The summed E-state index contributed by atoms with van der Waals surface area (Å²) in [6.45, 7) is 4.51. The Morgan fingerprint density at radius 2 is 1.61 bits per heavy atom. The highest BCUT2D eigenvalue weighted by Crippen LogP contribution is 2.44. The Morgan fingerprint density at radius 3 is 2.18 bits per heavy atom. The van der Waals surface area contributed by atoms with Gasteiger partial charge in [-0.2, -0.15) is 0 Å². The Balaban J connectivity index is 1.43. The normalized spacial score (nSPS) is 13.4. The summed E-state index contributed by atoms with van der Waals surface area (Å²) in [4.78, 5) is 35.0. The molecule has 0 heterocycles. The van der Waals surface area contributed by atoms with Gasteiger partial charge in [0.05, 0.1) is 6.42 Å². The van der Waals surface area contributed by atoms with Gasteiger partial charge in [0.15, 0.2) is 0 Å². The number of carbonyl (C=O) groups is 3. The van der Waals surface area contributed by atoms with E-state index in [1.807, 2.05) is 38.1 Å². The Hall–Kier alpha value is -3.61. The predicted octanol–water partition coefficient (Wildman–Crippen LogP) is 3.94. The van der Waals surface area contributed by atoms with Crippen molar-refractivity contribution < 1.29 is 24.2 Å². The zero-order chi connectivity index (χ0) is 23.8. The number of carboxylic acids is 1. The third kappa shape index (κ3) is 6.44. The Bertz CT molecular complexity index is 985. The number of carboxylic acid groups (broad SMARTS) is 1. The maximum absolute atomic E-state index is 12.1. The van der Waals surface area contributed by atoms with Crippen LogP contribution in [-0.4, -0.2) is 42.8 Å². The van der Waals surface area contributed by atoms with Gasteiger partial charge in [-0.1, -0.05) is 68.5 Å². The first-order valence-corrected chi connectivity index (χ1v) is 11.1. The fourth-order valence-electron chi connectivity index (χ4n) is 4.02. The summed E-state index contributed by atoms with van der Waals surface area (Å²) in [6.07, 6.45) is 2.30. The summed E-state index contributed by atoms with van der Waals surface area (Å²) in [5.74, 6) is -1.23. The molecular weight excluding hydrogens is 420 g/mol. The monoisotopic (exact) mass is 450 g/mol. The van der Waals surface area contributed by atoms with E-state index in [4.69, 9.17) is 9.84 Å². The molecule has 0 spiro atoms. The van der Waals surface area contributed by atoms with E-state index >= 15 is 0 Å². The molecule has 0 aromatic heterocycles. The summed E-state index contributed by atoms with van der Waals surface area (Å²) in [5, 5.41) is 14.3. The molecule has 2 amide bonds. The number of benzene rings is 2. The maximum Gasteiger partial charge on any atom is 0.407 e. The van der Waals surface area contributed by atoms with E-state index in [1.165, 1.54) is 23.3 Å². The summed E-state index contributed by atoms with van der Waals surface area (Å²) in [6, 6.07) is 16.2. The van der Waals surface area contributed by atoms with Crippen LogP contribution in [0.15, 0.2) is 60.7 Å². The number of nitrogens with one attached hydrogen (secondary N) is 2. The predicted molar refractivity (Wildman–Crippen MR) is 126 cm³/mol. The van der Waals surface area contributed by atoms with Crippen LogP contribution in [0.2, 0.25) is 0 Å². The van der Waals surface area contributed by atoms with Crippen molar-refractivity contribution in [1.29, 1.82) is 0 Å². The summed E-state index contributed by atoms with van der Waals surface area (Å²) < 4.78 is 5.45. The van der Waals surface area contributed by atoms with Crippen molar-refractivity contribution in [2.75, 3.05) is 19.7 Å². The summed E-state index contributed by atoms with van der Waals surface area (Å²) in [5.41, 5.74) is 4.62. The smallest absolute Gasteiger partial charge is 0.407 e. The number of hydrogen-bond acceptors (Lipinski definition) is 4. The van der Waals surface area contributed by atoms with Crippen LogP contribution in [0.4, 0.5) is 4.79 Å². The van der Waals surface area contributed by atoms with Crippen molar-refractivity contribution in [3.8, 4) is 11.1 Å². The molecule has 7 nitrogen and oxygen atoms in total. The maximum atomic E-state index is 12.1.